The number of benzene rings is 3. The molecule has 4 rings (SSSR count). The van der Waals surface area contributed by atoms with Crippen LogP contribution < -0.4 is 9.62 Å². The van der Waals surface area contributed by atoms with Gasteiger partial charge in [0, 0.05) is 29.6 Å². The number of halogens is 1. The number of hydrogen-bond donors (Lipinski definition) is 1. The van der Waals surface area contributed by atoms with Crippen molar-refractivity contribution >= 4 is 44.9 Å². The number of rotatable bonds is 12. The lowest BCUT2D eigenvalue weighted by Crippen LogP contribution is -2.54. The zero-order valence-corrected chi connectivity index (χ0v) is 25.4. The van der Waals surface area contributed by atoms with Crippen LogP contribution in [0.25, 0.3) is 0 Å². The number of carbonyl (C=O) groups is 3. The second kappa shape index (κ2) is 14.0. The molecule has 0 radical (unpaired) electrons. The van der Waals surface area contributed by atoms with Crippen LogP contribution in [0.2, 0.25) is 5.02 Å². The normalized spacial score (nSPS) is 14.3. The summed E-state index contributed by atoms with van der Waals surface area (Å²) in [5, 5.41) is 3.56. The van der Waals surface area contributed by atoms with Gasteiger partial charge < -0.3 is 10.2 Å². The second-order valence-electron chi connectivity index (χ2n) is 10.7. The molecular weight excluding hydrogens is 574 g/mol. The molecule has 3 aromatic rings. The number of amides is 2. The van der Waals surface area contributed by atoms with Crippen LogP contribution in [-0.2, 0) is 32.6 Å². The van der Waals surface area contributed by atoms with Crippen molar-refractivity contribution in [2.45, 2.75) is 57.7 Å². The van der Waals surface area contributed by atoms with Crippen LogP contribution in [0.4, 0.5) is 5.69 Å². The number of hydrogen-bond acceptors (Lipinski definition) is 5. The van der Waals surface area contributed by atoms with Crippen molar-refractivity contribution in [3.05, 3.63) is 101 Å². The van der Waals surface area contributed by atoms with E-state index in [0.29, 0.717) is 16.1 Å². The molecule has 0 heterocycles. The zero-order chi connectivity index (χ0) is 30.3. The van der Waals surface area contributed by atoms with Crippen LogP contribution in [0.3, 0.4) is 0 Å². The maximum absolute atomic E-state index is 14.2. The molecule has 0 aliphatic heterocycles. The van der Waals surface area contributed by atoms with E-state index < -0.39 is 28.5 Å². The first kappa shape index (κ1) is 31.3. The first-order chi connectivity index (χ1) is 20.0. The number of anilines is 1. The molecule has 0 bridgehead atoms. The fourth-order valence-corrected chi connectivity index (χ4v) is 6.26. The van der Waals surface area contributed by atoms with Gasteiger partial charge in [-0.2, -0.15) is 0 Å². The minimum atomic E-state index is -3.95. The van der Waals surface area contributed by atoms with E-state index in [0.717, 1.165) is 41.8 Å². The SMILES string of the molecule is CC(=O)c1cccc(N(CC(=O)N(Cc2ccccc2Cl)C(Cc2ccccc2)C(=O)NC2CCCC2)S(C)(=O)=O)c1. The van der Waals surface area contributed by atoms with Crippen molar-refractivity contribution < 1.29 is 22.8 Å². The van der Waals surface area contributed by atoms with Crippen LogP contribution in [0.5, 0.6) is 0 Å². The summed E-state index contributed by atoms with van der Waals surface area (Å²) in [5.41, 5.74) is 1.99. The molecule has 1 aliphatic rings. The first-order valence-electron chi connectivity index (χ1n) is 14.0. The molecule has 222 valence electrons. The fraction of sp³-hybridized carbons (Fsp3) is 0.344. The minimum Gasteiger partial charge on any atom is -0.352 e. The molecule has 42 heavy (non-hydrogen) atoms. The van der Waals surface area contributed by atoms with Crippen molar-refractivity contribution in [1.82, 2.24) is 10.2 Å². The van der Waals surface area contributed by atoms with Crippen molar-refractivity contribution in [3.63, 3.8) is 0 Å². The van der Waals surface area contributed by atoms with E-state index in [1.165, 1.54) is 24.0 Å². The van der Waals surface area contributed by atoms with Crippen LogP contribution in [0, 0.1) is 0 Å². The van der Waals surface area contributed by atoms with Gasteiger partial charge in [0.2, 0.25) is 21.8 Å². The summed E-state index contributed by atoms with van der Waals surface area (Å²) in [7, 11) is -3.95. The maximum atomic E-state index is 14.2. The third kappa shape index (κ3) is 8.20. The van der Waals surface area contributed by atoms with Crippen molar-refractivity contribution in [1.29, 1.82) is 0 Å². The molecule has 0 spiro atoms. The van der Waals surface area contributed by atoms with E-state index in [4.69, 9.17) is 11.6 Å². The number of Topliss-reactive ketones (excluding diaryl/α,β-unsaturated/α-hetero) is 1. The maximum Gasteiger partial charge on any atom is 0.244 e. The molecule has 3 aromatic carbocycles. The third-order valence-corrected chi connectivity index (χ3v) is 9.00. The predicted molar refractivity (Wildman–Crippen MR) is 165 cm³/mol. The van der Waals surface area contributed by atoms with Crippen molar-refractivity contribution in [2.24, 2.45) is 0 Å². The largest absolute Gasteiger partial charge is 0.352 e. The van der Waals surface area contributed by atoms with Crippen LogP contribution in [0.1, 0.15) is 54.1 Å². The average molecular weight is 610 g/mol. The van der Waals surface area contributed by atoms with E-state index >= 15 is 0 Å². The van der Waals surface area contributed by atoms with E-state index in [1.54, 1.807) is 36.4 Å². The summed E-state index contributed by atoms with van der Waals surface area (Å²) in [6.07, 6.45) is 5.04. The van der Waals surface area contributed by atoms with Gasteiger partial charge in [-0.3, -0.25) is 18.7 Å². The molecular formula is C32H36ClN3O5S. The molecule has 1 atom stereocenters. The van der Waals surface area contributed by atoms with Gasteiger partial charge in [-0.1, -0.05) is 85.1 Å². The van der Waals surface area contributed by atoms with Crippen molar-refractivity contribution in [3.8, 4) is 0 Å². The Morgan fingerprint density at radius 1 is 0.952 bits per heavy atom. The molecule has 0 aromatic heterocycles. The zero-order valence-electron chi connectivity index (χ0n) is 23.8. The number of carbonyl (C=O) groups excluding carboxylic acids is 3. The minimum absolute atomic E-state index is 0.000812. The van der Waals surface area contributed by atoms with Gasteiger partial charge in [0.05, 0.1) is 11.9 Å². The number of nitrogens with zero attached hydrogens (tertiary/aromatic N) is 2. The van der Waals surface area contributed by atoms with E-state index in [-0.39, 0.29) is 36.4 Å². The van der Waals surface area contributed by atoms with Gasteiger partial charge in [-0.25, -0.2) is 8.42 Å². The summed E-state index contributed by atoms with van der Waals surface area (Å²) in [6.45, 7) is 0.823. The van der Waals surface area contributed by atoms with E-state index in [9.17, 15) is 22.8 Å². The number of nitrogens with one attached hydrogen (secondary N) is 1. The molecule has 1 aliphatic carbocycles. The summed E-state index contributed by atoms with van der Waals surface area (Å²) in [4.78, 5) is 41.5. The smallest absolute Gasteiger partial charge is 0.244 e. The molecule has 1 saturated carbocycles. The van der Waals surface area contributed by atoms with Crippen molar-refractivity contribution in [2.75, 3.05) is 17.1 Å². The van der Waals surface area contributed by atoms with Crippen LogP contribution in [0.15, 0.2) is 78.9 Å². The monoisotopic (exact) mass is 609 g/mol. The quantitative estimate of drug-likeness (QED) is 0.291. The molecule has 2 amide bonds. The highest BCUT2D eigenvalue weighted by molar-refractivity contribution is 7.92. The molecule has 1 N–H and O–H groups in total. The predicted octanol–water partition coefficient (Wildman–Crippen LogP) is 5.01. The van der Waals surface area contributed by atoms with Gasteiger partial charge in [0.15, 0.2) is 5.78 Å². The van der Waals surface area contributed by atoms with Gasteiger partial charge >= 0.3 is 0 Å². The van der Waals surface area contributed by atoms with E-state index in [1.807, 2.05) is 30.3 Å². The summed E-state index contributed by atoms with van der Waals surface area (Å²) >= 11 is 6.50. The second-order valence-corrected chi connectivity index (χ2v) is 13.0. The van der Waals surface area contributed by atoms with Gasteiger partial charge in [-0.15, -0.1) is 0 Å². The lowest BCUT2D eigenvalue weighted by atomic mass is 10.0. The summed E-state index contributed by atoms with van der Waals surface area (Å²) in [6, 6.07) is 21.7. The highest BCUT2D eigenvalue weighted by Gasteiger charge is 2.34. The standard InChI is InChI=1S/C32H36ClN3O5S/c1-23(37)25-14-10-17-28(20-25)36(42(2,40)41)22-31(38)35(21-26-13-6-9-18-29(26)33)30(19-24-11-4-3-5-12-24)32(39)34-27-15-7-8-16-27/h3-6,9-14,17-18,20,27,30H,7-8,15-16,19,21-22H2,1-2H3,(H,34,39). The summed E-state index contributed by atoms with van der Waals surface area (Å²) in [5.74, 6) is -1.10. The Kier molecular flexibility index (Phi) is 10.4. The Morgan fingerprint density at radius 3 is 2.26 bits per heavy atom. The summed E-state index contributed by atoms with van der Waals surface area (Å²) < 4.78 is 26.9. The fourth-order valence-electron chi connectivity index (χ4n) is 5.23. The topological polar surface area (TPSA) is 104 Å². The van der Waals surface area contributed by atoms with Gasteiger partial charge in [0.1, 0.15) is 12.6 Å². The first-order valence-corrected chi connectivity index (χ1v) is 16.2. The number of sulfonamides is 1. The highest BCUT2D eigenvalue weighted by Crippen LogP contribution is 2.24. The van der Waals surface area contributed by atoms with Crippen LogP contribution >= 0.6 is 11.6 Å². The average Bonchev–Trinajstić information content (AvgIpc) is 3.47. The molecule has 1 fully saturated rings. The van der Waals surface area contributed by atoms with Gasteiger partial charge in [0.25, 0.3) is 0 Å². The molecule has 8 nitrogen and oxygen atoms in total. The Balaban J connectivity index is 1.74. The van der Waals surface area contributed by atoms with Crippen LogP contribution in [-0.4, -0.2) is 55.8 Å². The Morgan fingerprint density at radius 2 is 1.62 bits per heavy atom. The molecule has 0 saturated heterocycles. The Hall–Kier alpha value is -3.69. The lowest BCUT2D eigenvalue weighted by molar-refractivity contribution is -0.140. The highest BCUT2D eigenvalue weighted by atomic mass is 35.5. The Bertz CT molecular complexity index is 1520. The Labute approximate surface area is 252 Å². The molecule has 10 heteroatoms. The molecule has 1 unspecified atom stereocenters. The van der Waals surface area contributed by atoms with Gasteiger partial charge in [-0.05, 0) is 49.1 Å². The number of ketones is 1. The van der Waals surface area contributed by atoms with E-state index in [2.05, 4.69) is 5.32 Å². The third-order valence-electron chi connectivity index (χ3n) is 7.49. The lowest BCUT2D eigenvalue weighted by Gasteiger charge is -2.34.